The highest BCUT2D eigenvalue weighted by atomic mass is 16.5. The SMILES string of the molecule is Cc1nc2ccccc2n1CC(O)COc1ccc(N)cc1. The van der Waals surface area contributed by atoms with Crippen molar-refractivity contribution < 1.29 is 9.84 Å². The lowest BCUT2D eigenvalue weighted by Crippen LogP contribution is -2.24. The molecule has 5 nitrogen and oxygen atoms in total. The van der Waals surface area contributed by atoms with Crippen LogP contribution in [0.15, 0.2) is 48.5 Å². The first-order valence-corrected chi connectivity index (χ1v) is 7.22. The molecule has 1 atom stereocenters. The Balaban J connectivity index is 1.67. The Bertz CT molecular complexity index is 765. The second-order valence-electron chi connectivity index (χ2n) is 5.29. The number of para-hydroxylation sites is 2. The number of fused-ring (bicyclic) bond motifs is 1. The van der Waals surface area contributed by atoms with Gasteiger partial charge in [-0.1, -0.05) is 12.1 Å². The van der Waals surface area contributed by atoms with Crippen LogP contribution in [0.2, 0.25) is 0 Å². The van der Waals surface area contributed by atoms with E-state index in [0.29, 0.717) is 18.0 Å². The quantitative estimate of drug-likeness (QED) is 0.709. The van der Waals surface area contributed by atoms with Gasteiger partial charge in [-0.25, -0.2) is 4.98 Å². The second kappa shape index (κ2) is 6.07. The van der Waals surface area contributed by atoms with Crippen LogP contribution in [0.25, 0.3) is 11.0 Å². The van der Waals surface area contributed by atoms with Crippen LogP contribution in [0.3, 0.4) is 0 Å². The Morgan fingerprint density at radius 1 is 1.18 bits per heavy atom. The van der Waals surface area contributed by atoms with Gasteiger partial charge in [-0.15, -0.1) is 0 Å². The summed E-state index contributed by atoms with van der Waals surface area (Å²) in [5.41, 5.74) is 8.27. The van der Waals surface area contributed by atoms with E-state index in [1.54, 1.807) is 24.3 Å². The monoisotopic (exact) mass is 297 g/mol. The Labute approximate surface area is 129 Å². The molecule has 3 rings (SSSR count). The number of hydrogen-bond donors (Lipinski definition) is 2. The summed E-state index contributed by atoms with van der Waals surface area (Å²) in [7, 11) is 0. The molecule has 0 radical (unpaired) electrons. The van der Waals surface area contributed by atoms with Gasteiger partial charge in [0.1, 0.15) is 24.3 Å². The number of benzene rings is 2. The van der Waals surface area contributed by atoms with Gasteiger partial charge in [0.2, 0.25) is 0 Å². The molecule has 0 saturated carbocycles. The summed E-state index contributed by atoms with van der Waals surface area (Å²) >= 11 is 0. The number of aryl methyl sites for hydroxylation is 1. The van der Waals surface area contributed by atoms with Gasteiger partial charge in [-0.2, -0.15) is 0 Å². The molecule has 0 bridgehead atoms. The van der Waals surface area contributed by atoms with E-state index < -0.39 is 6.10 Å². The van der Waals surface area contributed by atoms with E-state index in [9.17, 15) is 5.11 Å². The van der Waals surface area contributed by atoms with Gasteiger partial charge < -0.3 is 20.1 Å². The van der Waals surface area contributed by atoms with Gasteiger partial charge >= 0.3 is 0 Å². The maximum absolute atomic E-state index is 10.2. The van der Waals surface area contributed by atoms with E-state index in [-0.39, 0.29) is 6.61 Å². The van der Waals surface area contributed by atoms with E-state index in [1.165, 1.54) is 0 Å². The molecule has 0 aliphatic rings. The number of ether oxygens (including phenoxy) is 1. The van der Waals surface area contributed by atoms with Gasteiger partial charge in [-0.3, -0.25) is 0 Å². The Morgan fingerprint density at radius 3 is 2.68 bits per heavy atom. The van der Waals surface area contributed by atoms with E-state index in [1.807, 2.05) is 35.8 Å². The molecule has 1 unspecified atom stereocenters. The average Bonchev–Trinajstić information content (AvgIpc) is 2.83. The Kier molecular flexibility index (Phi) is 3.98. The first-order chi connectivity index (χ1) is 10.6. The molecule has 0 amide bonds. The lowest BCUT2D eigenvalue weighted by molar-refractivity contribution is 0.0929. The lowest BCUT2D eigenvalue weighted by atomic mass is 10.3. The maximum atomic E-state index is 10.2. The molecule has 5 heteroatoms. The Morgan fingerprint density at radius 2 is 1.91 bits per heavy atom. The molecule has 2 aromatic carbocycles. The highest BCUT2D eigenvalue weighted by molar-refractivity contribution is 5.75. The summed E-state index contributed by atoms with van der Waals surface area (Å²) in [5, 5.41) is 10.2. The third kappa shape index (κ3) is 3.04. The summed E-state index contributed by atoms with van der Waals surface area (Å²) in [6.07, 6.45) is -0.617. The van der Waals surface area contributed by atoms with Crippen molar-refractivity contribution >= 4 is 16.7 Å². The topological polar surface area (TPSA) is 73.3 Å². The third-order valence-corrected chi connectivity index (χ3v) is 3.56. The minimum atomic E-state index is -0.617. The molecular weight excluding hydrogens is 278 g/mol. The number of aliphatic hydroxyl groups excluding tert-OH is 1. The summed E-state index contributed by atoms with van der Waals surface area (Å²) < 4.78 is 7.59. The largest absolute Gasteiger partial charge is 0.491 e. The zero-order valence-corrected chi connectivity index (χ0v) is 12.4. The molecule has 22 heavy (non-hydrogen) atoms. The number of imidazole rings is 1. The fourth-order valence-corrected chi connectivity index (χ4v) is 2.45. The van der Waals surface area contributed by atoms with Gasteiger partial charge in [0.25, 0.3) is 0 Å². The number of nitrogens with two attached hydrogens (primary N) is 1. The molecule has 0 aliphatic heterocycles. The van der Waals surface area contributed by atoms with Crippen LogP contribution in [-0.2, 0) is 6.54 Å². The van der Waals surface area contributed by atoms with Crippen LogP contribution >= 0.6 is 0 Å². The number of nitrogens with zero attached hydrogens (tertiary/aromatic N) is 2. The molecule has 0 saturated heterocycles. The first-order valence-electron chi connectivity index (χ1n) is 7.22. The molecule has 1 heterocycles. The fourth-order valence-electron chi connectivity index (χ4n) is 2.45. The highest BCUT2D eigenvalue weighted by Crippen LogP contribution is 2.17. The summed E-state index contributed by atoms with van der Waals surface area (Å²) in [5.74, 6) is 1.58. The van der Waals surface area contributed by atoms with Crippen molar-refractivity contribution in [3.63, 3.8) is 0 Å². The predicted octanol–water partition coefficient (Wildman–Crippen LogP) is 2.37. The standard InChI is InChI=1S/C17H19N3O2/c1-12-19-16-4-2-3-5-17(16)20(12)10-14(21)11-22-15-8-6-13(18)7-9-15/h2-9,14,21H,10-11,18H2,1H3. The first kappa shape index (κ1) is 14.4. The highest BCUT2D eigenvalue weighted by Gasteiger charge is 2.12. The normalized spacial score (nSPS) is 12.5. The van der Waals surface area contributed by atoms with Crippen LogP contribution in [-0.4, -0.2) is 27.4 Å². The summed E-state index contributed by atoms with van der Waals surface area (Å²) in [6.45, 7) is 2.60. The minimum Gasteiger partial charge on any atom is -0.491 e. The molecule has 0 fully saturated rings. The summed E-state index contributed by atoms with van der Waals surface area (Å²) in [6, 6.07) is 15.0. The van der Waals surface area contributed by atoms with Gasteiger partial charge in [0.15, 0.2) is 0 Å². The molecule has 0 aliphatic carbocycles. The van der Waals surface area contributed by atoms with Crippen molar-refractivity contribution in [2.45, 2.75) is 19.6 Å². The molecule has 0 spiro atoms. The lowest BCUT2D eigenvalue weighted by Gasteiger charge is -2.15. The van der Waals surface area contributed by atoms with Crippen LogP contribution in [0.5, 0.6) is 5.75 Å². The molecule has 3 N–H and O–H groups in total. The van der Waals surface area contributed by atoms with Gasteiger partial charge in [0, 0.05) is 5.69 Å². The van der Waals surface area contributed by atoms with Gasteiger partial charge in [0.05, 0.1) is 17.6 Å². The number of aromatic nitrogens is 2. The molecule has 1 aromatic heterocycles. The van der Waals surface area contributed by atoms with Crippen molar-refractivity contribution in [1.29, 1.82) is 0 Å². The minimum absolute atomic E-state index is 0.218. The van der Waals surface area contributed by atoms with Crippen LogP contribution in [0.1, 0.15) is 5.82 Å². The fraction of sp³-hybridized carbons (Fsp3) is 0.235. The van der Waals surface area contributed by atoms with E-state index in [4.69, 9.17) is 10.5 Å². The van der Waals surface area contributed by atoms with Crippen molar-refractivity contribution in [3.05, 3.63) is 54.4 Å². The Hall–Kier alpha value is -2.53. The van der Waals surface area contributed by atoms with Crippen molar-refractivity contribution in [2.75, 3.05) is 12.3 Å². The number of anilines is 1. The number of hydrogen-bond acceptors (Lipinski definition) is 4. The molecule has 114 valence electrons. The molecular formula is C17H19N3O2. The third-order valence-electron chi connectivity index (χ3n) is 3.56. The van der Waals surface area contributed by atoms with Crippen molar-refractivity contribution in [2.24, 2.45) is 0 Å². The number of rotatable bonds is 5. The van der Waals surface area contributed by atoms with Crippen LogP contribution < -0.4 is 10.5 Å². The summed E-state index contributed by atoms with van der Waals surface area (Å²) in [4.78, 5) is 4.49. The average molecular weight is 297 g/mol. The van der Waals surface area contributed by atoms with Gasteiger partial charge in [-0.05, 0) is 43.3 Å². The predicted molar refractivity (Wildman–Crippen MR) is 86.8 cm³/mol. The maximum Gasteiger partial charge on any atom is 0.119 e. The smallest absolute Gasteiger partial charge is 0.119 e. The van der Waals surface area contributed by atoms with Crippen molar-refractivity contribution in [1.82, 2.24) is 9.55 Å². The number of nitrogen functional groups attached to an aromatic ring is 1. The van der Waals surface area contributed by atoms with Crippen molar-refractivity contribution in [3.8, 4) is 5.75 Å². The van der Waals surface area contributed by atoms with E-state index >= 15 is 0 Å². The molecule has 3 aromatic rings. The second-order valence-corrected chi connectivity index (χ2v) is 5.29. The zero-order chi connectivity index (χ0) is 15.5. The van der Waals surface area contributed by atoms with E-state index in [0.717, 1.165) is 16.9 Å². The van der Waals surface area contributed by atoms with E-state index in [2.05, 4.69) is 4.98 Å². The number of aliphatic hydroxyl groups is 1. The zero-order valence-electron chi connectivity index (χ0n) is 12.4. The van der Waals surface area contributed by atoms with Crippen LogP contribution in [0, 0.1) is 6.92 Å². The van der Waals surface area contributed by atoms with Crippen LogP contribution in [0.4, 0.5) is 5.69 Å².